The zero-order valence-electron chi connectivity index (χ0n) is 11.0. The molecule has 0 spiro atoms. The number of hydrogen-bond donors (Lipinski definition) is 1. The maximum absolute atomic E-state index is 4.70. The second kappa shape index (κ2) is 6.11. The third-order valence-corrected chi connectivity index (χ3v) is 5.46. The highest BCUT2D eigenvalue weighted by atomic mass is 32.2. The van der Waals surface area contributed by atoms with Gasteiger partial charge in [0.2, 0.25) is 0 Å². The number of rotatable bonds is 5. The predicted octanol–water partition coefficient (Wildman–Crippen LogP) is 2.98. The zero-order chi connectivity index (χ0) is 12.2. The molecular weight excluding hydrogens is 242 g/mol. The number of thioether (sulfide) groups is 1. The smallest absolute Gasteiger partial charge is 0.0762 e. The van der Waals surface area contributed by atoms with Gasteiger partial charge in [0, 0.05) is 24.5 Å². The van der Waals surface area contributed by atoms with Gasteiger partial charge >= 0.3 is 0 Å². The van der Waals surface area contributed by atoms with Crippen molar-refractivity contribution in [2.75, 3.05) is 12.3 Å². The van der Waals surface area contributed by atoms with Crippen LogP contribution in [0.4, 0.5) is 0 Å². The van der Waals surface area contributed by atoms with Gasteiger partial charge in [-0.1, -0.05) is 12.8 Å². The summed E-state index contributed by atoms with van der Waals surface area (Å²) in [5.74, 6) is 1.35. The van der Waals surface area contributed by atoms with Crippen LogP contribution >= 0.6 is 11.8 Å². The van der Waals surface area contributed by atoms with Crippen LogP contribution < -0.4 is 5.32 Å². The molecular formula is C14H23N3S. The van der Waals surface area contributed by atoms with Crippen LogP contribution in [0.3, 0.4) is 0 Å². The first-order valence-electron chi connectivity index (χ1n) is 7.28. The summed E-state index contributed by atoms with van der Waals surface area (Å²) in [5, 5.41) is 9.09. The highest BCUT2D eigenvalue weighted by Crippen LogP contribution is 2.28. The molecule has 1 saturated heterocycles. The molecule has 1 unspecified atom stereocenters. The Labute approximate surface area is 114 Å². The van der Waals surface area contributed by atoms with E-state index in [-0.39, 0.29) is 0 Å². The minimum absolute atomic E-state index is 0.670. The van der Waals surface area contributed by atoms with Crippen molar-refractivity contribution in [3.63, 3.8) is 0 Å². The standard InChI is InChI=1S/C14H23N3S/c1-2-5-13(4-1)17-8-7-12(16-17)10-15-11-14-6-3-9-18-14/h7-8,13-15H,1-6,9-11H2. The highest BCUT2D eigenvalue weighted by Gasteiger charge is 2.18. The Morgan fingerprint density at radius 1 is 1.28 bits per heavy atom. The lowest BCUT2D eigenvalue weighted by Gasteiger charge is -2.10. The minimum atomic E-state index is 0.670. The van der Waals surface area contributed by atoms with E-state index in [0.29, 0.717) is 6.04 Å². The second-order valence-corrected chi connectivity index (χ2v) is 6.90. The van der Waals surface area contributed by atoms with E-state index in [1.54, 1.807) is 0 Å². The second-order valence-electron chi connectivity index (χ2n) is 5.49. The van der Waals surface area contributed by atoms with Gasteiger partial charge in [-0.05, 0) is 37.5 Å². The van der Waals surface area contributed by atoms with Gasteiger partial charge in [0.15, 0.2) is 0 Å². The molecule has 1 aliphatic heterocycles. The monoisotopic (exact) mass is 265 g/mol. The van der Waals surface area contributed by atoms with E-state index in [9.17, 15) is 0 Å². The molecule has 100 valence electrons. The van der Waals surface area contributed by atoms with Crippen LogP contribution in [0, 0.1) is 0 Å². The van der Waals surface area contributed by atoms with Crippen LogP contribution in [-0.4, -0.2) is 27.3 Å². The molecule has 2 aliphatic rings. The van der Waals surface area contributed by atoms with Gasteiger partial charge in [-0.15, -0.1) is 0 Å². The number of nitrogens with zero attached hydrogens (tertiary/aromatic N) is 2. The van der Waals surface area contributed by atoms with E-state index in [4.69, 9.17) is 5.10 Å². The van der Waals surface area contributed by atoms with E-state index in [1.165, 1.54) is 50.0 Å². The average Bonchev–Trinajstić information content (AvgIpc) is 3.12. The maximum atomic E-state index is 4.70. The summed E-state index contributed by atoms with van der Waals surface area (Å²) in [4.78, 5) is 0. The molecule has 1 aromatic rings. The molecule has 2 fully saturated rings. The van der Waals surface area contributed by atoms with Crippen LogP contribution in [0.25, 0.3) is 0 Å². The lowest BCUT2D eigenvalue weighted by Crippen LogP contribution is -2.23. The first-order chi connectivity index (χ1) is 8.92. The summed E-state index contributed by atoms with van der Waals surface area (Å²) in [6.07, 6.45) is 10.3. The normalized spacial score (nSPS) is 25.0. The zero-order valence-corrected chi connectivity index (χ0v) is 11.8. The largest absolute Gasteiger partial charge is 0.310 e. The molecule has 1 aliphatic carbocycles. The molecule has 1 N–H and O–H groups in total. The number of aromatic nitrogens is 2. The molecule has 1 saturated carbocycles. The van der Waals surface area contributed by atoms with Crippen LogP contribution in [-0.2, 0) is 6.54 Å². The summed E-state index contributed by atoms with van der Waals surface area (Å²) < 4.78 is 2.19. The predicted molar refractivity (Wildman–Crippen MR) is 76.9 cm³/mol. The van der Waals surface area contributed by atoms with Crippen molar-refractivity contribution in [2.24, 2.45) is 0 Å². The van der Waals surface area contributed by atoms with E-state index < -0.39 is 0 Å². The Kier molecular flexibility index (Phi) is 4.26. The first-order valence-corrected chi connectivity index (χ1v) is 8.33. The van der Waals surface area contributed by atoms with E-state index >= 15 is 0 Å². The van der Waals surface area contributed by atoms with Crippen molar-refractivity contribution in [2.45, 2.75) is 56.4 Å². The molecule has 1 aromatic heterocycles. The van der Waals surface area contributed by atoms with E-state index in [2.05, 4.69) is 34.0 Å². The lowest BCUT2D eigenvalue weighted by molar-refractivity contribution is 0.460. The van der Waals surface area contributed by atoms with Crippen molar-refractivity contribution in [3.8, 4) is 0 Å². The van der Waals surface area contributed by atoms with Gasteiger partial charge in [0.1, 0.15) is 0 Å². The Morgan fingerprint density at radius 3 is 2.94 bits per heavy atom. The van der Waals surface area contributed by atoms with Gasteiger partial charge in [-0.3, -0.25) is 4.68 Å². The van der Waals surface area contributed by atoms with Gasteiger partial charge in [-0.2, -0.15) is 16.9 Å². The maximum Gasteiger partial charge on any atom is 0.0762 e. The summed E-state index contributed by atoms with van der Waals surface area (Å²) in [5.41, 5.74) is 1.20. The molecule has 0 amide bonds. The third-order valence-electron chi connectivity index (χ3n) is 4.06. The molecule has 1 atom stereocenters. The van der Waals surface area contributed by atoms with Crippen molar-refractivity contribution >= 4 is 11.8 Å². The van der Waals surface area contributed by atoms with Crippen LogP contribution in [0.5, 0.6) is 0 Å². The average molecular weight is 265 g/mol. The van der Waals surface area contributed by atoms with Gasteiger partial charge < -0.3 is 5.32 Å². The van der Waals surface area contributed by atoms with E-state index in [0.717, 1.165) is 18.3 Å². The molecule has 0 radical (unpaired) electrons. The summed E-state index contributed by atoms with van der Waals surface area (Å²) in [6.45, 7) is 2.07. The van der Waals surface area contributed by atoms with Gasteiger partial charge in [-0.25, -0.2) is 0 Å². The molecule has 2 heterocycles. The first kappa shape index (κ1) is 12.5. The third kappa shape index (κ3) is 3.09. The van der Waals surface area contributed by atoms with Crippen molar-refractivity contribution in [1.82, 2.24) is 15.1 Å². The van der Waals surface area contributed by atoms with E-state index in [1.807, 2.05) is 0 Å². The molecule has 18 heavy (non-hydrogen) atoms. The van der Waals surface area contributed by atoms with Crippen LogP contribution in [0.1, 0.15) is 50.3 Å². The fraction of sp³-hybridized carbons (Fsp3) is 0.786. The highest BCUT2D eigenvalue weighted by molar-refractivity contribution is 8.00. The van der Waals surface area contributed by atoms with Crippen LogP contribution in [0.15, 0.2) is 12.3 Å². The van der Waals surface area contributed by atoms with Crippen molar-refractivity contribution < 1.29 is 0 Å². The Morgan fingerprint density at radius 2 is 2.17 bits per heavy atom. The topological polar surface area (TPSA) is 29.9 Å². The van der Waals surface area contributed by atoms with Gasteiger partial charge in [0.05, 0.1) is 11.7 Å². The Balaban J connectivity index is 1.44. The quantitative estimate of drug-likeness (QED) is 0.887. The van der Waals surface area contributed by atoms with Crippen molar-refractivity contribution in [3.05, 3.63) is 18.0 Å². The molecule has 3 rings (SSSR count). The fourth-order valence-corrected chi connectivity index (χ4v) is 4.25. The molecule has 0 bridgehead atoms. The number of hydrogen-bond acceptors (Lipinski definition) is 3. The minimum Gasteiger partial charge on any atom is -0.310 e. The molecule has 4 heteroatoms. The fourth-order valence-electron chi connectivity index (χ4n) is 3.01. The van der Waals surface area contributed by atoms with Crippen molar-refractivity contribution in [1.29, 1.82) is 0 Å². The Hall–Kier alpha value is -0.480. The number of nitrogens with one attached hydrogen (secondary N) is 1. The van der Waals surface area contributed by atoms with Gasteiger partial charge in [0.25, 0.3) is 0 Å². The SMILES string of the molecule is c1cn(C2CCCC2)nc1CNCC1CCCS1. The summed E-state index contributed by atoms with van der Waals surface area (Å²) >= 11 is 2.12. The Bertz CT molecular complexity index is 365. The summed E-state index contributed by atoms with van der Waals surface area (Å²) in [6, 6.07) is 2.84. The van der Waals surface area contributed by atoms with Crippen LogP contribution in [0.2, 0.25) is 0 Å². The lowest BCUT2D eigenvalue weighted by atomic mass is 10.2. The molecule has 3 nitrogen and oxygen atoms in total. The summed E-state index contributed by atoms with van der Waals surface area (Å²) in [7, 11) is 0. The molecule has 0 aromatic carbocycles.